The van der Waals surface area contributed by atoms with Crippen LogP contribution in [0.5, 0.6) is 0 Å². The molecule has 0 amide bonds. The van der Waals surface area contributed by atoms with Gasteiger partial charge in [0.2, 0.25) is 0 Å². The van der Waals surface area contributed by atoms with Crippen LogP contribution < -0.4 is 0 Å². The molecule has 0 aromatic carbocycles. The SMILES string of the molecule is C.C=C1O[C@@H]2C[C@H](C)CC[C@H]2C1(C)C.C=C1O[C@@H]2C[C@H](C)CC[C@H]2[C@@]1(C)OC(C)=O.C=C1O[C@@H]2C[C@H](C)CC[C@H]2[C@]1(C)OC(C)=O. The van der Waals surface area contributed by atoms with E-state index in [1.54, 1.807) is 0 Å². The Bertz CT molecular complexity index is 1090. The summed E-state index contributed by atoms with van der Waals surface area (Å²) in [4.78, 5) is 22.3. The van der Waals surface area contributed by atoms with E-state index in [1.807, 2.05) is 13.8 Å². The molecule has 262 valence electrons. The fourth-order valence-corrected chi connectivity index (χ4v) is 8.88. The minimum absolute atomic E-state index is 0. The van der Waals surface area contributed by atoms with Gasteiger partial charge in [-0.2, -0.15) is 0 Å². The molecule has 0 N–H and O–H groups in total. The minimum Gasteiger partial charge on any atom is -0.494 e. The second-order valence-corrected chi connectivity index (χ2v) is 15.9. The highest BCUT2D eigenvalue weighted by atomic mass is 16.6. The number of carbonyl (C=O) groups excluding carboxylic acids is 2. The van der Waals surface area contributed by atoms with E-state index < -0.39 is 11.2 Å². The molecule has 3 aliphatic heterocycles. The molecule has 3 aliphatic carbocycles. The second kappa shape index (κ2) is 14.4. The molecule has 46 heavy (non-hydrogen) atoms. The maximum Gasteiger partial charge on any atom is 0.303 e. The summed E-state index contributed by atoms with van der Waals surface area (Å²) in [5.74, 6) is 5.22. The van der Waals surface area contributed by atoms with Gasteiger partial charge in [0.25, 0.3) is 0 Å². The fourth-order valence-electron chi connectivity index (χ4n) is 8.88. The first-order chi connectivity index (χ1) is 20.9. The molecule has 3 saturated heterocycles. The fraction of sp³-hybridized carbons (Fsp3) is 0.795. The van der Waals surface area contributed by atoms with E-state index in [9.17, 15) is 9.59 Å². The first kappa shape index (κ1) is 38.0. The zero-order valence-electron chi connectivity index (χ0n) is 29.5. The number of ether oxygens (including phenoxy) is 5. The molecule has 6 fully saturated rings. The van der Waals surface area contributed by atoms with Crippen molar-refractivity contribution in [3.05, 3.63) is 37.0 Å². The van der Waals surface area contributed by atoms with Crippen molar-refractivity contribution in [1.29, 1.82) is 0 Å². The Labute approximate surface area is 279 Å². The number of fused-ring (bicyclic) bond motifs is 3. The third-order valence-electron chi connectivity index (χ3n) is 11.9. The van der Waals surface area contributed by atoms with E-state index in [2.05, 4.69) is 54.4 Å². The van der Waals surface area contributed by atoms with E-state index in [0.717, 1.165) is 43.3 Å². The summed E-state index contributed by atoms with van der Waals surface area (Å²) >= 11 is 0. The number of hydrogen-bond donors (Lipinski definition) is 0. The lowest BCUT2D eigenvalue weighted by molar-refractivity contribution is -0.157. The molecule has 6 rings (SSSR count). The summed E-state index contributed by atoms with van der Waals surface area (Å²) in [6.45, 7) is 29.9. The van der Waals surface area contributed by atoms with E-state index in [0.29, 0.717) is 29.5 Å². The van der Waals surface area contributed by atoms with Gasteiger partial charge in [0.1, 0.15) is 29.8 Å². The lowest BCUT2D eigenvalue weighted by Crippen LogP contribution is -2.41. The summed E-state index contributed by atoms with van der Waals surface area (Å²) < 4.78 is 28.3. The third-order valence-corrected chi connectivity index (χ3v) is 11.9. The van der Waals surface area contributed by atoms with Crippen LogP contribution in [0.1, 0.15) is 128 Å². The molecule has 0 unspecified atom stereocenters. The summed E-state index contributed by atoms with van der Waals surface area (Å²) in [7, 11) is 0. The van der Waals surface area contributed by atoms with Crippen LogP contribution in [0.2, 0.25) is 0 Å². The number of hydrogen-bond acceptors (Lipinski definition) is 7. The van der Waals surface area contributed by atoms with Crippen molar-refractivity contribution >= 4 is 11.9 Å². The van der Waals surface area contributed by atoms with Gasteiger partial charge in [0, 0.05) is 37.0 Å². The van der Waals surface area contributed by atoms with Crippen LogP contribution in [0.15, 0.2) is 37.0 Å². The Kier molecular flexibility index (Phi) is 11.9. The Balaban J connectivity index is 0.000000187. The molecule has 7 nitrogen and oxygen atoms in total. The lowest BCUT2D eigenvalue weighted by atomic mass is 9.69. The average molecular weight is 645 g/mol. The van der Waals surface area contributed by atoms with Gasteiger partial charge in [-0.15, -0.1) is 0 Å². The van der Waals surface area contributed by atoms with Gasteiger partial charge in [0.15, 0.2) is 11.2 Å². The zero-order chi connectivity index (χ0) is 33.5. The van der Waals surface area contributed by atoms with Gasteiger partial charge >= 0.3 is 11.9 Å². The standard InChI is InChI=1S/2C13H20O3.C12H20O.CH4/c2*1-8-5-6-11-12(7-8)15-9(2)13(11,4)16-10(3)14;1-8-5-6-10-11(7-8)13-9(2)12(10,3)4;/h2*8,11-12H,2,5-7H2,1,3-4H3;8,10-11H,2,5-7H2,1,3-4H3;1H4/t8-,11-,12-,13+;8-,11-,12-,13-;8-,10-,11-;/m111./s1. The molecule has 0 bridgehead atoms. The molecule has 0 spiro atoms. The van der Waals surface area contributed by atoms with E-state index in [1.165, 1.54) is 46.0 Å². The highest BCUT2D eigenvalue weighted by Gasteiger charge is 2.55. The predicted octanol–water partition coefficient (Wildman–Crippen LogP) is 9.31. The first-order valence-corrected chi connectivity index (χ1v) is 17.4. The van der Waals surface area contributed by atoms with Crippen LogP contribution in [-0.4, -0.2) is 41.5 Å². The molecule has 3 heterocycles. The van der Waals surface area contributed by atoms with Crippen molar-refractivity contribution in [3.63, 3.8) is 0 Å². The van der Waals surface area contributed by atoms with Crippen LogP contribution in [0, 0.1) is 40.9 Å². The molecule has 0 aromatic heterocycles. The molecular formula is C39H64O7. The van der Waals surface area contributed by atoms with Crippen molar-refractivity contribution in [3.8, 4) is 0 Å². The average Bonchev–Trinajstić information content (AvgIpc) is 3.40. The lowest BCUT2D eigenvalue weighted by Gasteiger charge is -2.34. The third kappa shape index (κ3) is 7.65. The van der Waals surface area contributed by atoms with Crippen molar-refractivity contribution in [2.45, 2.75) is 157 Å². The van der Waals surface area contributed by atoms with Crippen molar-refractivity contribution in [1.82, 2.24) is 0 Å². The molecule has 0 radical (unpaired) electrons. The van der Waals surface area contributed by atoms with E-state index in [4.69, 9.17) is 23.7 Å². The Morgan fingerprint density at radius 1 is 0.587 bits per heavy atom. The second-order valence-electron chi connectivity index (χ2n) is 15.9. The molecule has 0 aromatic rings. The summed E-state index contributed by atoms with van der Waals surface area (Å²) in [5, 5.41) is 0. The van der Waals surface area contributed by atoms with Crippen LogP contribution in [0.4, 0.5) is 0 Å². The normalized spacial score (nSPS) is 41.6. The molecule has 7 heteroatoms. The number of carbonyl (C=O) groups is 2. The monoisotopic (exact) mass is 644 g/mol. The Morgan fingerprint density at radius 2 is 0.891 bits per heavy atom. The summed E-state index contributed by atoms with van der Waals surface area (Å²) in [5.41, 5.74) is -1.02. The van der Waals surface area contributed by atoms with Crippen molar-refractivity contribution in [2.24, 2.45) is 40.9 Å². The van der Waals surface area contributed by atoms with Crippen LogP contribution in [0.3, 0.4) is 0 Å². The van der Waals surface area contributed by atoms with E-state index in [-0.39, 0.29) is 48.8 Å². The number of rotatable bonds is 2. The zero-order valence-corrected chi connectivity index (χ0v) is 29.5. The Morgan fingerprint density at radius 3 is 1.24 bits per heavy atom. The largest absolute Gasteiger partial charge is 0.494 e. The van der Waals surface area contributed by atoms with Crippen LogP contribution in [-0.2, 0) is 33.3 Å². The quantitative estimate of drug-likeness (QED) is 0.277. The van der Waals surface area contributed by atoms with Gasteiger partial charge in [-0.1, -0.05) is 81.0 Å². The summed E-state index contributed by atoms with van der Waals surface area (Å²) in [6, 6.07) is 0. The smallest absolute Gasteiger partial charge is 0.303 e. The highest BCUT2D eigenvalue weighted by molar-refractivity contribution is 5.67. The van der Waals surface area contributed by atoms with Gasteiger partial charge in [-0.3, -0.25) is 9.59 Å². The van der Waals surface area contributed by atoms with Gasteiger partial charge in [-0.25, -0.2) is 0 Å². The minimum atomic E-state index is -0.614. The van der Waals surface area contributed by atoms with Crippen molar-refractivity contribution < 1.29 is 33.3 Å². The van der Waals surface area contributed by atoms with E-state index >= 15 is 0 Å². The number of allylic oxidation sites excluding steroid dienone is 1. The van der Waals surface area contributed by atoms with Gasteiger partial charge in [-0.05, 0) is 70.1 Å². The maximum absolute atomic E-state index is 11.2. The predicted molar refractivity (Wildman–Crippen MR) is 182 cm³/mol. The summed E-state index contributed by atoms with van der Waals surface area (Å²) in [6.07, 6.45) is 11.3. The highest BCUT2D eigenvalue weighted by Crippen LogP contribution is 2.52. The molecule has 6 aliphatic rings. The van der Waals surface area contributed by atoms with Crippen LogP contribution >= 0.6 is 0 Å². The van der Waals surface area contributed by atoms with Crippen LogP contribution in [0.25, 0.3) is 0 Å². The topological polar surface area (TPSA) is 80.3 Å². The number of esters is 2. The molecule has 11 atom stereocenters. The van der Waals surface area contributed by atoms with Crippen molar-refractivity contribution in [2.75, 3.05) is 0 Å². The molecular weight excluding hydrogens is 580 g/mol. The van der Waals surface area contributed by atoms with Gasteiger partial charge < -0.3 is 23.7 Å². The Hall–Kier alpha value is -2.44. The first-order valence-electron chi connectivity index (χ1n) is 17.4. The van der Waals surface area contributed by atoms with Gasteiger partial charge in [0.05, 0.1) is 5.76 Å². The molecule has 3 saturated carbocycles. The maximum atomic E-state index is 11.2.